The van der Waals surface area contributed by atoms with E-state index in [0.29, 0.717) is 45.2 Å². The molecule has 0 unspecified atom stereocenters. The van der Waals surface area contributed by atoms with Crippen LogP contribution in [-0.4, -0.2) is 47.1 Å². The molecule has 0 radical (unpaired) electrons. The van der Waals surface area contributed by atoms with Gasteiger partial charge in [-0.2, -0.15) is 0 Å². The molecule has 1 aromatic carbocycles. The first-order valence-electron chi connectivity index (χ1n) is 10.7. The van der Waals surface area contributed by atoms with Gasteiger partial charge in [0.15, 0.2) is 5.79 Å². The lowest BCUT2D eigenvalue weighted by Gasteiger charge is -2.22. The van der Waals surface area contributed by atoms with Gasteiger partial charge >= 0.3 is 5.97 Å². The Kier molecular flexibility index (Phi) is 5.46. The predicted octanol–water partition coefficient (Wildman–Crippen LogP) is 4.73. The summed E-state index contributed by atoms with van der Waals surface area (Å²) in [7, 11) is 1.34. The number of ether oxygens (including phenoxy) is 4. The Morgan fingerprint density at radius 2 is 1.97 bits per heavy atom. The van der Waals surface area contributed by atoms with Crippen molar-refractivity contribution >= 4 is 39.0 Å². The monoisotopic (exact) mass is 473 g/mol. The molecule has 2 fully saturated rings. The maximum absolute atomic E-state index is 14.1. The van der Waals surface area contributed by atoms with Crippen molar-refractivity contribution in [2.24, 2.45) is 0 Å². The van der Waals surface area contributed by atoms with Crippen LogP contribution < -0.4 is 10.1 Å². The van der Waals surface area contributed by atoms with Crippen LogP contribution in [0.3, 0.4) is 0 Å². The largest absolute Gasteiger partial charge is 0.488 e. The molecule has 1 aliphatic heterocycles. The van der Waals surface area contributed by atoms with Gasteiger partial charge in [0.25, 0.3) is 0 Å². The van der Waals surface area contributed by atoms with Crippen LogP contribution in [0.2, 0.25) is 0 Å². The van der Waals surface area contributed by atoms with E-state index in [4.69, 9.17) is 18.9 Å². The van der Waals surface area contributed by atoms with Gasteiger partial charge in [0, 0.05) is 18.9 Å². The third-order valence-electron chi connectivity index (χ3n) is 5.86. The van der Waals surface area contributed by atoms with Crippen LogP contribution in [0.4, 0.5) is 15.9 Å². The molecule has 10 heteroatoms. The van der Waals surface area contributed by atoms with E-state index in [1.54, 1.807) is 6.07 Å². The topological polar surface area (TPSA) is 91.8 Å². The molecule has 3 aromatic rings. The number of rotatable bonds is 5. The van der Waals surface area contributed by atoms with Gasteiger partial charge in [0.1, 0.15) is 39.5 Å². The molecule has 3 heterocycles. The molecule has 0 bridgehead atoms. The van der Waals surface area contributed by atoms with Crippen molar-refractivity contribution in [3.63, 3.8) is 0 Å². The lowest BCUT2D eigenvalue weighted by molar-refractivity contribution is -0.155. The lowest BCUT2D eigenvalue weighted by atomic mass is 10.2. The summed E-state index contributed by atoms with van der Waals surface area (Å²) in [5.41, 5.74) is 1.27. The minimum absolute atomic E-state index is 0.0401. The molecular weight excluding hydrogens is 449 g/mol. The van der Waals surface area contributed by atoms with Gasteiger partial charge in [-0.05, 0) is 38.5 Å². The lowest BCUT2D eigenvalue weighted by Crippen LogP contribution is -2.25. The standard InChI is InChI=1S/C23H24FN3O5S/c1-11-18-20(25-10-26-21(18)33-19(11)22(28)29-4)27-14-6-5-12(24)7-15(14)30-13-8-16-17(9-13)32-23(2,3)31-16/h5-7,10,13,16-17H,8-9H2,1-4H3,(H,25,26,27)/t13-,16-,17+. The van der Waals surface area contributed by atoms with Crippen LogP contribution in [0.5, 0.6) is 5.75 Å². The first kappa shape index (κ1) is 22.0. The van der Waals surface area contributed by atoms with E-state index < -0.39 is 17.6 Å². The highest BCUT2D eigenvalue weighted by atomic mass is 32.1. The Labute approximate surface area is 194 Å². The number of carbonyl (C=O) groups is 1. The number of carbonyl (C=O) groups excluding carboxylic acids is 1. The molecule has 1 N–H and O–H groups in total. The van der Waals surface area contributed by atoms with E-state index in [1.807, 2.05) is 20.8 Å². The second kappa shape index (κ2) is 8.19. The minimum atomic E-state index is -0.592. The van der Waals surface area contributed by atoms with E-state index in [-0.39, 0.29) is 18.3 Å². The number of nitrogens with zero attached hydrogens (tertiary/aromatic N) is 2. The van der Waals surface area contributed by atoms with E-state index in [2.05, 4.69) is 15.3 Å². The van der Waals surface area contributed by atoms with E-state index in [0.717, 1.165) is 5.56 Å². The number of methoxy groups -OCH3 is 1. The van der Waals surface area contributed by atoms with Crippen molar-refractivity contribution in [1.82, 2.24) is 9.97 Å². The number of anilines is 2. The molecule has 3 atom stereocenters. The highest BCUT2D eigenvalue weighted by molar-refractivity contribution is 7.20. The molecule has 1 saturated heterocycles. The predicted molar refractivity (Wildman–Crippen MR) is 121 cm³/mol. The SMILES string of the molecule is COC(=O)c1sc2ncnc(Nc3ccc(F)cc3O[C@H]3C[C@@H]4OC(C)(C)O[C@@H]4C3)c2c1C. The van der Waals surface area contributed by atoms with Crippen LogP contribution in [0.25, 0.3) is 10.2 Å². The van der Waals surface area contributed by atoms with E-state index in [9.17, 15) is 9.18 Å². The number of aromatic nitrogens is 2. The van der Waals surface area contributed by atoms with E-state index in [1.165, 1.54) is 36.9 Å². The molecule has 0 amide bonds. The molecule has 8 nitrogen and oxygen atoms in total. The van der Waals surface area contributed by atoms with Crippen molar-refractivity contribution in [2.45, 2.75) is 57.7 Å². The fourth-order valence-electron chi connectivity index (χ4n) is 4.48. The van der Waals surface area contributed by atoms with E-state index >= 15 is 0 Å². The minimum Gasteiger partial charge on any atom is -0.488 e. The number of hydrogen-bond donors (Lipinski definition) is 1. The van der Waals surface area contributed by atoms with Gasteiger partial charge in [-0.3, -0.25) is 0 Å². The number of thiophene rings is 1. The average Bonchev–Trinajstić information content (AvgIpc) is 3.38. The Morgan fingerprint density at radius 3 is 2.67 bits per heavy atom. The summed E-state index contributed by atoms with van der Waals surface area (Å²) in [5, 5.41) is 3.95. The average molecular weight is 474 g/mol. The summed E-state index contributed by atoms with van der Waals surface area (Å²) in [6, 6.07) is 4.31. The van der Waals surface area contributed by atoms with Crippen LogP contribution in [0.1, 0.15) is 41.9 Å². The third-order valence-corrected chi connectivity index (χ3v) is 7.04. The van der Waals surface area contributed by atoms with Crippen LogP contribution >= 0.6 is 11.3 Å². The van der Waals surface area contributed by atoms with Crippen molar-refractivity contribution in [3.8, 4) is 5.75 Å². The van der Waals surface area contributed by atoms with Gasteiger partial charge < -0.3 is 24.3 Å². The van der Waals surface area contributed by atoms with Gasteiger partial charge in [-0.25, -0.2) is 19.2 Å². The quantitative estimate of drug-likeness (QED) is 0.532. The normalized spacial score (nSPS) is 23.5. The second-order valence-electron chi connectivity index (χ2n) is 8.64. The molecule has 0 spiro atoms. The first-order chi connectivity index (χ1) is 15.7. The molecule has 2 aromatic heterocycles. The Bertz CT molecular complexity index is 1210. The Morgan fingerprint density at radius 1 is 1.24 bits per heavy atom. The molecule has 1 saturated carbocycles. The number of hydrogen-bond acceptors (Lipinski definition) is 9. The highest BCUT2D eigenvalue weighted by Crippen LogP contribution is 2.41. The number of benzene rings is 1. The Balaban J connectivity index is 1.42. The van der Waals surface area contributed by atoms with Gasteiger partial charge in [0.2, 0.25) is 0 Å². The van der Waals surface area contributed by atoms with Crippen molar-refractivity contribution in [1.29, 1.82) is 0 Å². The van der Waals surface area contributed by atoms with Gasteiger partial charge in [-0.1, -0.05) is 0 Å². The smallest absolute Gasteiger partial charge is 0.348 e. The van der Waals surface area contributed by atoms with Gasteiger partial charge in [0.05, 0.1) is 30.4 Å². The van der Waals surface area contributed by atoms with Gasteiger partial charge in [-0.15, -0.1) is 11.3 Å². The summed E-state index contributed by atoms with van der Waals surface area (Å²) in [5.74, 6) is -0.559. The van der Waals surface area contributed by atoms with Crippen LogP contribution in [0, 0.1) is 12.7 Å². The van der Waals surface area contributed by atoms with Crippen LogP contribution in [-0.2, 0) is 14.2 Å². The van der Waals surface area contributed by atoms with Crippen molar-refractivity contribution in [2.75, 3.05) is 12.4 Å². The summed E-state index contributed by atoms with van der Waals surface area (Å²) in [6.07, 6.45) is 2.49. The zero-order valence-corrected chi connectivity index (χ0v) is 19.5. The number of nitrogens with one attached hydrogen (secondary N) is 1. The summed E-state index contributed by atoms with van der Waals surface area (Å²) >= 11 is 1.24. The number of fused-ring (bicyclic) bond motifs is 2. The van der Waals surface area contributed by atoms with Crippen molar-refractivity contribution < 1.29 is 28.1 Å². The fraction of sp³-hybridized carbons (Fsp3) is 0.435. The second-order valence-corrected chi connectivity index (χ2v) is 9.64. The molecular formula is C23H24FN3O5S. The maximum Gasteiger partial charge on any atom is 0.348 e. The Hall–Kier alpha value is -2.82. The fourth-order valence-corrected chi connectivity index (χ4v) is 5.54. The molecule has 1 aliphatic carbocycles. The molecule has 5 rings (SSSR count). The summed E-state index contributed by atoms with van der Waals surface area (Å²) in [6.45, 7) is 5.62. The maximum atomic E-state index is 14.1. The third kappa shape index (κ3) is 4.14. The molecule has 2 aliphatic rings. The zero-order chi connectivity index (χ0) is 23.3. The summed E-state index contributed by atoms with van der Waals surface area (Å²) in [4.78, 5) is 21.9. The molecule has 174 valence electrons. The number of esters is 1. The van der Waals surface area contributed by atoms with Crippen molar-refractivity contribution in [3.05, 3.63) is 40.8 Å². The highest BCUT2D eigenvalue weighted by Gasteiger charge is 2.48. The number of halogens is 1. The molecule has 33 heavy (non-hydrogen) atoms. The zero-order valence-electron chi connectivity index (χ0n) is 18.7. The summed E-state index contributed by atoms with van der Waals surface area (Å²) < 4.78 is 37.0. The number of aryl methyl sites for hydroxylation is 1. The van der Waals surface area contributed by atoms with Crippen LogP contribution in [0.15, 0.2) is 24.5 Å². The first-order valence-corrected chi connectivity index (χ1v) is 11.5.